The summed E-state index contributed by atoms with van der Waals surface area (Å²) < 4.78 is 26.7. The van der Waals surface area contributed by atoms with Crippen LogP contribution in [0.15, 0.2) is 42.5 Å². The van der Waals surface area contributed by atoms with Crippen LogP contribution >= 0.6 is 11.6 Å². The molecule has 0 aliphatic rings. The van der Waals surface area contributed by atoms with Crippen molar-refractivity contribution in [1.82, 2.24) is 10.2 Å². The quantitative estimate of drug-likeness (QED) is 0.477. The summed E-state index contributed by atoms with van der Waals surface area (Å²) in [6, 6.07) is 11.8. The van der Waals surface area contributed by atoms with Gasteiger partial charge in [-0.15, -0.1) is 0 Å². The zero-order valence-corrected chi connectivity index (χ0v) is 22.9. The maximum atomic E-state index is 13.7. The zero-order chi connectivity index (χ0) is 26.3. The normalized spacial score (nSPS) is 12.3. The summed E-state index contributed by atoms with van der Waals surface area (Å²) in [6.07, 6.45) is 1.44. The third-order valence-electron chi connectivity index (χ3n) is 5.68. The minimum absolute atomic E-state index is 0.0799. The number of aryl methyl sites for hydroxylation is 2. The predicted molar refractivity (Wildman–Crippen MR) is 142 cm³/mol. The molecule has 0 fully saturated rings. The Kier molecular flexibility index (Phi) is 10.2. The molecule has 35 heavy (non-hydrogen) atoms. The average Bonchev–Trinajstić information content (AvgIpc) is 2.78. The van der Waals surface area contributed by atoms with Crippen molar-refractivity contribution < 1.29 is 18.0 Å². The Morgan fingerprint density at radius 1 is 1.09 bits per heavy atom. The Hall–Kier alpha value is -2.58. The lowest BCUT2D eigenvalue weighted by atomic mass is 10.1. The lowest BCUT2D eigenvalue weighted by Crippen LogP contribution is -2.52. The molecule has 2 amide bonds. The van der Waals surface area contributed by atoms with Crippen LogP contribution in [-0.4, -0.2) is 50.5 Å². The van der Waals surface area contributed by atoms with Crippen LogP contribution in [0.4, 0.5) is 5.69 Å². The van der Waals surface area contributed by atoms with Crippen molar-refractivity contribution in [2.75, 3.05) is 23.7 Å². The highest BCUT2D eigenvalue weighted by Crippen LogP contribution is 2.25. The second kappa shape index (κ2) is 12.4. The molecule has 1 N–H and O–H groups in total. The molecule has 0 saturated heterocycles. The molecule has 0 aliphatic heterocycles. The lowest BCUT2D eigenvalue weighted by Gasteiger charge is -2.33. The SMILES string of the molecule is CCC(C(=O)NCC(C)C)N(Cc1ccccc1Cl)C(=O)CN(c1cc(C)ccc1C)S(C)(=O)=O. The molecule has 7 nitrogen and oxygen atoms in total. The summed E-state index contributed by atoms with van der Waals surface area (Å²) in [5.41, 5.74) is 2.72. The Bertz CT molecular complexity index is 1150. The minimum atomic E-state index is -3.78. The molecule has 0 saturated carbocycles. The van der Waals surface area contributed by atoms with E-state index in [0.717, 1.165) is 21.7 Å². The highest BCUT2D eigenvalue weighted by atomic mass is 35.5. The summed E-state index contributed by atoms with van der Waals surface area (Å²) in [6.45, 7) is 9.59. The summed E-state index contributed by atoms with van der Waals surface area (Å²) in [4.78, 5) is 28.2. The Labute approximate surface area is 214 Å². The fourth-order valence-electron chi connectivity index (χ4n) is 3.74. The molecule has 0 spiro atoms. The smallest absolute Gasteiger partial charge is 0.244 e. The monoisotopic (exact) mass is 521 g/mol. The van der Waals surface area contributed by atoms with Crippen LogP contribution in [0.3, 0.4) is 0 Å². The molecule has 0 heterocycles. The van der Waals surface area contributed by atoms with E-state index in [2.05, 4.69) is 5.32 Å². The molecule has 2 rings (SSSR count). The van der Waals surface area contributed by atoms with Gasteiger partial charge in [0, 0.05) is 18.1 Å². The van der Waals surface area contributed by atoms with E-state index in [9.17, 15) is 18.0 Å². The van der Waals surface area contributed by atoms with E-state index in [1.54, 1.807) is 31.2 Å². The largest absolute Gasteiger partial charge is 0.354 e. The molecule has 1 atom stereocenters. The number of carbonyl (C=O) groups is 2. The van der Waals surface area contributed by atoms with Crippen molar-refractivity contribution in [3.63, 3.8) is 0 Å². The van der Waals surface area contributed by atoms with Crippen LogP contribution in [0.5, 0.6) is 0 Å². The standard InChI is InChI=1S/C26H36ClN3O4S/c1-7-23(26(32)28-15-18(2)3)29(16-21-10-8-9-11-22(21)27)25(31)17-30(35(6,33)34)24-14-19(4)12-13-20(24)5/h8-14,18,23H,7,15-17H2,1-6H3,(H,28,32). The van der Waals surface area contributed by atoms with E-state index in [-0.39, 0.29) is 18.4 Å². The molecule has 1 unspecified atom stereocenters. The highest BCUT2D eigenvalue weighted by Gasteiger charge is 2.32. The topological polar surface area (TPSA) is 86.8 Å². The van der Waals surface area contributed by atoms with Crippen LogP contribution in [0.2, 0.25) is 5.02 Å². The first-order valence-corrected chi connectivity index (χ1v) is 13.9. The summed E-state index contributed by atoms with van der Waals surface area (Å²) in [5.74, 6) is -0.517. The predicted octanol–water partition coefficient (Wildman–Crippen LogP) is 4.30. The van der Waals surface area contributed by atoms with Gasteiger partial charge in [0.1, 0.15) is 12.6 Å². The number of amides is 2. The van der Waals surface area contributed by atoms with Crippen molar-refractivity contribution in [3.05, 3.63) is 64.2 Å². The second-order valence-electron chi connectivity index (χ2n) is 9.24. The van der Waals surface area contributed by atoms with Gasteiger partial charge in [-0.05, 0) is 55.0 Å². The first-order valence-electron chi connectivity index (χ1n) is 11.7. The van der Waals surface area contributed by atoms with Crippen molar-refractivity contribution in [2.24, 2.45) is 5.92 Å². The molecule has 192 valence electrons. The fourth-order valence-corrected chi connectivity index (χ4v) is 4.83. The van der Waals surface area contributed by atoms with E-state index in [4.69, 9.17) is 11.6 Å². The van der Waals surface area contributed by atoms with Gasteiger partial charge in [-0.25, -0.2) is 8.42 Å². The van der Waals surface area contributed by atoms with Gasteiger partial charge in [-0.1, -0.05) is 62.7 Å². The Morgan fingerprint density at radius 2 is 1.74 bits per heavy atom. The van der Waals surface area contributed by atoms with Gasteiger partial charge in [0.15, 0.2) is 0 Å². The number of halogens is 1. The van der Waals surface area contributed by atoms with Crippen LogP contribution < -0.4 is 9.62 Å². The average molecular weight is 522 g/mol. The first-order chi connectivity index (χ1) is 16.3. The van der Waals surface area contributed by atoms with Crippen molar-refractivity contribution in [2.45, 2.75) is 53.6 Å². The van der Waals surface area contributed by atoms with Crippen LogP contribution in [0, 0.1) is 19.8 Å². The molecular weight excluding hydrogens is 486 g/mol. The Balaban J connectivity index is 2.48. The lowest BCUT2D eigenvalue weighted by molar-refractivity contribution is -0.140. The van der Waals surface area contributed by atoms with Crippen molar-refractivity contribution in [1.29, 1.82) is 0 Å². The second-order valence-corrected chi connectivity index (χ2v) is 11.5. The molecule has 0 bridgehead atoms. The van der Waals surface area contributed by atoms with E-state index in [1.807, 2.05) is 45.9 Å². The molecule has 9 heteroatoms. The zero-order valence-electron chi connectivity index (χ0n) is 21.3. The number of hydrogen-bond donors (Lipinski definition) is 1. The number of nitrogens with zero attached hydrogens (tertiary/aromatic N) is 2. The molecule has 2 aromatic rings. The number of sulfonamides is 1. The number of benzene rings is 2. The molecule has 0 radical (unpaired) electrons. The Morgan fingerprint density at radius 3 is 2.31 bits per heavy atom. The summed E-state index contributed by atoms with van der Waals surface area (Å²) >= 11 is 6.37. The number of nitrogens with one attached hydrogen (secondary N) is 1. The van der Waals surface area contributed by atoms with Gasteiger partial charge >= 0.3 is 0 Å². The summed E-state index contributed by atoms with van der Waals surface area (Å²) in [5, 5.41) is 3.37. The maximum absolute atomic E-state index is 13.7. The van der Waals surface area contributed by atoms with Gasteiger partial charge in [0.2, 0.25) is 21.8 Å². The molecule has 2 aromatic carbocycles. The van der Waals surface area contributed by atoms with Crippen molar-refractivity contribution in [3.8, 4) is 0 Å². The highest BCUT2D eigenvalue weighted by molar-refractivity contribution is 7.92. The van der Waals surface area contributed by atoms with Gasteiger partial charge in [0.05, 0.1) is 11.9 Å². The number of carbonyl (C=O) groups excluding carboxylic acids is 2. The van der Waals surface area contributed by atoms with E-state index in [0.29, 0.717) is 29.2 Å². The number of rotatable bonds is 11. The van der Waals surface area contributed by atoms with E-state index in [1.165, 1.54) is 4.90 Å². The van der Waals surface area contributed by atoms with Gasteiger partial charge < -0.3 is 10.2 Å². The van der Waals surface area contributed by atoms with Gasteiger partial charge in [-0.2, -0.15) is 0 Å². The fraction of sp³-hybridized carbons (Fsp3) is 0.462. The van der Waals surface area contributed by atoms with E-state index < -0.39 is 28.5 Å². The van der Waals surface area contributed by atoms with Crippen LogP contribution in [0.1, 0.15) is 43.9 Å². The number of hydrogen-bond acceptors (Lipinski definition) is 4. The van der Waals surface area contributed by atoms with Crippen LogP contribution in [0.25, 0.3) is 0 Å². The van der Waals surface area contributed by atoms with E-state index >= 15 is 0 Å². The molecule has 0 aromatic heterocycles. The minimum Gasteiger partial charge on any atom is -0.354 e. The third kappa shape index (κ3) is 7.97. The molecule has 0 aliphatic carbocycles. The maximum Gasteiger partial charge on any atom is 0.244 e. The van der Waals surface area contributed by atoms with Crippen LogP contribution in [-0.2, 0) is 26.2 Å². The van der Waals surface area contributed by atoms with Crippen molar-refractivity contribution >= 4 is 39.1 Å². The first kappa shape index (κ1) is 28.7. The third-order valence-corrected chi connectivity index (χ3v) is 7.18. The molecular formula is C26H36ClN3O4S. The van der Waals surface area contributed by atoms with Gasteiger partial charge in [-0.3, -0.25) is 13.9 Å². The number of anilines is 1. The van der Waals surface area contributed by atoms with Gasteiger partial charge in [0.25, 0.3) is 0 Å². The summed E-state index contributed by atoms with van der Waals surface area (Å²) in [7, 11) is -3.78.